The molecule has 0 saturated heterocycles. The number of fused-ring (bicyclic) bond motifs is 1. The summed E-state index contributed by atoms with van der Waals surface area (Å²) in [4.78, 5) is 19.1. The first-order chi connectivity index (χ1) is 8.22. The Labute approximate surface area is 108 Å². The van der Waals surface area contributed by atoms with Crippen molar-refractivity contribution in [2.45, 2.75) is 0 Å². The molecular weight excluding hydrogens is 335 g/mol. The van der Waals surface area contributed by atoms with Gasteiger partial charge in [0.25, 0.3) is 0 Å². The standard InChI is InChI=1S/C9H11IN6O/c1-2-6(17)12-3-4-16-9-7(10-15-16)8(11)13-5-14-9/h2,5H,1,3-4H2,(H,12,17)(H2,11,13,14). The molecule has 2 heterocycles. The van der Waals surface area contributed by atoms with Crippen molar-refractivity contribution in [2.75, 3.05) is 23.8 Å². The average molecular weight is 346 g/mol. The number of rotatable bonds is 4. The van der Waals surface area contributed by atoms with Crippen molar-refractivity contribution >= 4 is 38.6 Å². The van der Waals surface area contributed by atoms with E-state index in [2.05, 4.69) is 25.1 Å². The van der Waals surface area contributed by atoms with E-state index >= 15 is 0 Å². The van der Waals surface area contributed by atoms with E-state index in [1.54, 1.807) is 5.01 Å². The summed E-state index contributed by atoms with van der Waals surface area (Å²) < 4.78 is 5.32. The smallest absolute Gasteiger partial charge is 0.243 e. The SMILES string of the molecule is C=CC(=O)NCCN1N=Ic2c(N)ncnc21. The van der Waals surface area contributed by atoms with Crippen LogP contribution in [0.2, 0.25) is 0 Å². The van der Waals surface area contributed by atoms with Crippen molar-refractivity contribution < 1.29 is 4.79 Å². The van der Waals surface area contributed by atoms with Gasteiger partial charge in [-0.25, -0.2) is 15.0 Å². The Morgan fingerprint density at radius 3 is 3.24 bits per heavy atom. The second-order valence-corrected chi connectivity index (χ2v) is 5.17. The lowest BCUT2D eigenvalue weighted by molar-refractivity contribution is -0.116. The molecule has 3 N–H and O–H groups in total. The molecule has 7 nitrogen and oxygen atoms in total. The van der Waals surface area contributed by atoms with Gasteiger partial charge in [-0.15, -0.1) is 3.25 Å². The van der Waals surface area contributed by atoms with Gasteiger partial charge in [-0.3, -0.25) is 4.79 Å². The first-order valence-electron chi connectivity index (χ1n) is 4.85. The molecule has 17 heavy (non-hydrogen) atoms. The molecule has 0 saturated carbocycles. The van der Waals surface area contributed by atoms with Crippen LogP contribution in [-0.4, -0.2) is 29.0 Å². The van der Waals surface area contributed by atoms with Gasteiger partial charge in [0.2, 0.25) is 5.91 Å². The topological polar surface area (TPSA) is 96.5 Å². The van der Waals surface area contributed by atoms with E-state index in [4.69, 9.17) is 5.73 Å². The highest BCUT2D eigenvalue weighted by molar-refractivity contribution is 14.2. The van der Waals surface area contributed by atoms with Crippen LogP contribution in [0, 0.1) is 3.57 Å². The molecule has 0 atom stereocenters. The van der Waals surface area contributed by atoms with Crippen LogP contribution in [0.1, 0.15) is 0 Å². The minimum absolute atomic E-state index is 0.193. The fourth-order valence-corrected chi connectivity index (χ4v) is 3.17. The fourth-order valence-electron chi connectivity index (χ4n) is 1.25. The number of aromatic nitrogens is 2. The van der Waals surface area contributed by atoms with Gasteiger partial charge in [0.15, 0.2) is 5.82 Å². The second-order valence-electron chi connectivity index (χ2n) is 3.17. The molecule has 1 aromatic heterocycles. The quantitative estimate of drug-likeness (QED) is 0.609. The number of nitrogens with two attached hydrogens (primary N) is 1. The van der Waals surface area contributed by atoms with Crippen LogP contribution in [-0.2, 0) is 4.79 Å². The van der Waals surface area contributed by atoms with Gasteiger partial charge in [-0.2, -0.15) is 0 Å². The molecule has 0 unspecified atom stereocenters. The molecule has 1 aliphatic rings. The van der Waals surface area contributed by atoms with Crippen molar-refractivity contribution in [1.82, 2.24) is 15.3 Å². The molecule has 90 valence electrons. The molecule has 8 heteroatoms. The average Bonchev–Trinajstić information content (AvgIpc) is 2.74. The third kappa shape index (κ3) is 2.57. The lowest BCUT2D eigenvalue weighted by atomic mass is 10.4. The van der Waals surface area contributed by atoms with Gasteiger partial charge in [-0.1, -0.05) is 6.58 Å². The maximum atomic E-state index is 11.0. The number of carbonyl (C=O) groups excluding carboxylic acids is 1. The number of nitrogen functional groups attached to an aromatic ring is 1. The van der Waals surface area contributed by atoms with Gasteiger partial charge in [-0.05, 0) is 6.08 Å². The molecule has 1 aliphatic heterocycles. The molecule has 0 fully saturated rings. The lowest BCUT2D eigenvalue weighted by Crippen LogP contribution is -2.31. The summed E-state index contributed by atoms with van der Waals surface area (Å²) in [6.45, 7) is 4.44. The summed E-state index contributed by atoms with van der Waals surface area (Å²) in [6.07, 6.45) is 2.66. The Kier molecular flexibility index (Phi) is 3.61. The highest BCUT2D eigenvalue weighted by Crippen LogP contribution is 2.35. The van der Waals surface area contributed by atoms with Crippen LogP contribution in [0.5, 0.6) is 0 Å². The van der Waals surface area contributed by atoms with Crippen molar-refractivity contribution in [2.24, 2.45) is 3.25 Å². The highest BCUT2D eigenvalue weighted by atomic mass is 127. The third-order valence-corrected chi connectivity index (χ3v) is 4.32. The molecule has 0 bridgehead atoms. The Morgan fingerprint density at radius 2 is 2.47 bits per heavy atom. The van der Waals surface area contributed by atoms with Gasteiger partial charge >= 0.3 is 0 Å². The van der Waals surface area contributed by atoms with Gasteiger partial charge in [0, 0.05) is 6.54 Å². The predicted octanol–water partition coefficient (Wildman–Crippen LogP) is 0.420. The summed E-state index contributed by atoms with van der Waals surface area (Å²) in [6, 6.07) is 0. The van der Waals surface area contributed by atoms with Gasteiger partial charge < -0.3 is 11.1 Å². The maximum absolute atomic E-state index is 11.0. The van der Waals surface area contributed by atoms with E-state index in [0.29, 0.717) is 18.9 Å². The van der Waals surface area contributed by atoms with Crippen LogP contribution in [0.15, 0.2) is 22.2 Å². The molecule has 2 rings (SSSR count). The second kappa shape index (κ2) is 5.17. The molecule has 0 radical (unpaired) electrons. The normalized spacial score (nSPS) is 12.8. The maximum Gasteiger partial charge on any atom is 0.243 e. The number of hydrogen-bond acceptors (Lipinski definition) is 6. The summed E-state index contributed by atoms with van der Waals surface area (Å²) in [5, 5.41) is 4.45. The summed E-state index contributed by atoms with van der Waals surface area (Å²) in [5.41, 5.74) is 5.74. The molecule has 1 aromatic rings. The van der Waals surface area contributed by atoms with Crippen LogP contribution in [0.25, 0.3) is 0 Å². The van der Waals surface area contributed by atoms with E-state index in [0.717, 1.165) is 9.39 Å². The van der Waals surface area contributed by atoms with E-state index in [1.165, 1.54) is 12.4 Å². The summed E-state index contributed by atoms with van der Waals surface area (Å²) in [7, 11) is 0. The lowest BCUT2D eigenvalue weighted by Gasteiger charge is -2.13. The first-order valence-corrected chi connectivity index (χ1v) is 6.90. The number of nitrogens with zero attached hydrogens (tertiary/aromatic N) is 4. The Balaban J connectivity index is 1.98. The minimum atomic E-state index is -0.509. The third-order valence-electron chi connectivity index (χ3n) is 2.06. The number of halogens is 1. The summed E-state index contributed by atoms with van der Waals surface area (Å²) >= 11 is -0.509. The largest absolute Gasteiger partial charge is 0.383 e. The van der Waals surface area contributed by atoms with Crippen LogP contribution < -0.4 is 16.1 Å². The number of nitrogens with one attached hydrogen (secondary N) is 1. The number of carbonyl (C=O) groups is 1. The Morgan fingerprint density at radius 1 is 1.65 bits per heavy atom. The first kappa shape index (κ1) is 11.9. The van der Waals surface area contributed by atoms with Crippen molar-refractivity contribution in [1.29, 1.82) is 0 Å². The van der Waals surface area contributed by atoms with Crippen LogP contribution in [0.4, 0.5) is 11.6 Å². The van der Waals surface area contributed by atoms with Gasteiger partial charge in [0.05, 0.1) is 27.6 Å². The van der Waals surface area contributed by atoms with Gasteiger partial charge in [0.1, 0.15) is 15.7 Å². The number of hydrogen-bond donors (Lipinski definition) is 2. The number of anilines is 2. The number of amides is 1. The predicted molar refractivity (Wildman–Crippen MR) is 72.1 cm³/mol. The molecule has 0 aromatic carbocycles. The Hall–Kier alpha value is -1.58. The van der Waals surface area contributed by atoms with Crippen molar-refractivity contribution in [3.05, 3.63) is 22.6 Å². The van der Waals surface area contributed by atoms with Crippen LogP contribution in [0.3, 0.4) is 0 Å². The molecule has 0 aliphatic carbocycles. The van der Waals surface area contributed by atoms with E-state index < -0.39 is 21.0 Å². The Bertz CT molecular complexity index is 488. The van der Waals surface area contributed by atoms with E-state index in [1.807, 2.05) is 0 Å². The van der Waals surface area contributed by atoms with E-state index in [9.17, 15) is 4.79 Å². The monoisotopic (exact) mass is 346 g/mol. The zero-order valence-electron chi connectivity index (χ0n) is 8.93. The summed E-state index contributed by atoms with van der Waals surface area (Å²) in [5.74, 6) is 1.07. The zero-order valence-corrected chi connectivity index (χ0v) is 11.1. The highest BCUT2D eigenvalue weighted by Gasteiger charge is 2.20. The van der Waals surface area contributed by atoms with Crippen molar-refractivity contribution in [3.8, 4) is 0 Å². The molecule has 1 amide bonds. The van der Waals surface area contributed by atoms with Crippen molar-refractivity contribution in [3.63, 3.8) is 0 Å². The fraction of sp³-hybridized carbons (Fsp3) is 0.222. The van der Waals surface area contributed by atoms with E-state index in [-0.39, 0.29) is 5.91 Å². The molecule has 0 spiro atoms. The molecular formula is C9H11IN6O. The van der Waals surface area contributed by atoms with Crippen LogP contribution >= 0.6 is 21.0 Å². The zero-order chi connectivity index (χ0) is 12.3. The minimum Gasteiger partial charge on any atom is -0.383 e.